The summed E-state index contributed by atoms with van der Waals surface area (Å²) in [6.45, 7) is 0. The van der Waals surface area contributed by atoms with Crippen LogP contribution in [-0.4, -0.2) is 27.0 Å². The van der Waals surface area contributed by atoms with Crippen LogP contribution in [0, 0.1) is 0 Å². The van der Waals surface area contributed by atoms with Crippen LogP contribution in [0.2, 0.25) is 0 Å². The molecular weight excluding hydrogens is 394 g/mol. The number of amides is 1. The number of hydrogen-bond donors (Lipinski definition) is 2. The number of phenolic OH excluding ortho intramolecular Hbond substituents is 1. The quantitative estimate of drug-likeness (QED) is 0.625. The Labute approximate surface area is 150 Å². The van der Waals surface area contributed by atoms with Crippen molar-refractivity contribution >= 4 is 39.3 Å². The number of halogens is 1. The predicted molar refractivity (Wildman–Crippen MR) is 94.9 cm³/mol. The second-order valence-electron chi connectivity index (χ2n) is 4.71. The van der Waals surface area contributed by atoms with Crippen LogP contribution >= 0.6 is 27.7 Å². The number of hydrogen-bond acceptors (Lipinski definition) is 6. The van der Waals surface area contributed by atoms with Crippen molar-refractivity contribution in [2.24, 2.45) is 0 Å². The number of phenols is 1. The van der Waals surface area contributed by atoms with Gasteiger partial charge < -0.3 is 14.8 Å². The maximum atomic E-state index is 12.0. The third-order valence-electron chi connectivity index (χ3n) is 3.02. The van der Waals surface area contributed by atoms with E-state index in [1.54, 1.807) is 24.3 Å². The van der Waals surface area contributed by atoms with Crippen molar-refractivity contribution in [1.29, 1.82) is 0 Å². The molecule has 0 unspecified atom stereocenters. The van der Waals surface area contributed by atoms with Gasteiger partial charge in [-0.2, -0.15) is 0 Å². The molecule has 0 atom stereocenters. The van der Waals surface area contributed by atoms with Crippen LogP contribution in [0.25, 0.3) is 11.5 Å². The minimum absolute atomic E-state index is 0.0596. The minimum Gasteiger partial charge on any atom is -0.507 e. The van der Waals surface area contributed by atoms with Crippen molar-refractivity contribution < 1.29 is 14.3 Å². The third-order valence-corrected chi connectivity index (χ3v) is 4.53. The van der Waals surface area contributed by atoms with Gasteiger partial charge in [-0.15, -0.1) is 10.2 Å². The first kappa shape index (κ1) is 16.5. The van der Waals surface area contributed by atoms with Crippen LogP contribution in [-0.2, 0) is 4.79 Å². The summed E-state index contributed by atoms with van der Waals surface area (Å²) in [5.74, 6) is 0.212. The van der Waals surface area contributed by atoms with Gasteiger partial charge in [-0.1, -0.05) is 36.0 Å². The Morgan fingerprint density at radius 1 is 1.17 bits per heavy atom. The number of aromatic nitrogens is 2. The second-order valence-corrected chi connectivity index (χ2v) is 6.49. The average Bonchev–Trinajstić information content (AvgIpc) is 3.04. The van der Waals surface area contributed by atoms with Crippen molar-refractivity contribution in [1.82, 2.24) is 10.2 Å². The first-order valence-corrected chi connectivity index (χ1v) is 8.70. The summed E-state index contributed by atoms with van der Waals surface area (Å²) >= 11 is 4.50. The molecule has 8 heteroatoms. The van der Waals surface area contributed by atoms with Gasteiger partial charge in [0.2, 0.25) is 5.91 Å². The second kappa shape index (κ2) is 7.50. The van der Waals surface area contributed by atoms with Gasteiger partial charge >= 0.3 is 0 Å². The lowest BCUT2D eigenvalue weighted by Crippen LogP contribution is -2.14. The molecule has 0 aliphatic rings. The van der Waals surface area contributed by atoms with E-state index in [2.05, 4.69) is 31.4 Å². The molecule has 0 aliphatic heterocycles. The fraction of sp³-hybridized carbons (Fsp3) is 0.0625. The Hall–Kier alpha value is -2.32. The predicted octanol–water partition coefficient (Wildman–Crippen LogP) is 3.94. The highest BCUT2D eigenvalue weighted by Crippen LogP contribution is 2.29. The number of nitrogens with one attached hydrogen (secondary N) is 1. The first-order chi connectivity index (χ1) is 11.6. The van der Waals surface area contributed by atoms with E-state index < -0.39 is 0 Å². The average molecular weight is 406 g/mol. The van der Waals surface area contributed by atoms with Gasteiger partial charge in [0.1, 0.15) is 5.75 Å². The van der Waals surface area contributed by atoms with Crippen LogP contribution < -0.4 is 5.32 Å². The molecule has 0 radical (unpaired) electrons. The molecule has 0 aliphatic carbocycles. The Morgan fingerprint density at radius 2 is 1.92 bits per heavy atom. The molecule has 1 heterocycles. The molecule has 6 nitrogen and oxygen atoms in total. The van der Waals surface area contributed by atoms with Crippen LogP contribution in [0.1, 0.15) is 0 Å². The molecule has 0 saturated carbocycles. The number of nitrogens with zero attached hydrogens (tertiary/aromatic N) is 2. The number of aromatic hydroxyl groups is 1. The molecule has 24 heavy (non-hydrogen) atoms. The van der Waals surface area contributed by atoms with Gasteiger partial charge in [0, 0.05) is 4.47 Å². The number of carbonyl (C=O) groups excluding carboxylic acids is 1. The standard InChI is InChI=1S/C16H12BrN3O3S/c17-11-6-2-3-7-12(11)18-14(22)9-24-16-20-19-15(23-16)10-5-1-4-8-13(10)21/h1-8,21H,9H2,(H,18,22). The number of rotatable bonds is 5. The zero-order chi connectivity index (χ0) is 16.9. The number of carbonyl (C=O) groups is 1. The molecule has 3 aromatic rings. The van der Waals surface area contributed by atoms with E-state index in [-0.39, 0.29) is 28.5 Å². The van der Waals surface area contributed by atoms with Crippen LogP contribution in [0.15, 0.2) is 62.6 Å². The van der Waals surface area contributed by atoms with Gasteiger partial charge in [-0.05, 0) is 40.2 Å². The summed E-state index contributed by atoms with van der Waals surface area (Å²) in [6, 6.07) is 14.0. The molecule has 1 aromatic heterocycles. The van der Waals surface area contributed by atoms with Gasteiger partial charge in [-0.3, -0.25) is 4.79 Å². The molecule has 0 saturated heterocycles. The lowest BCUT2D eigenvalue weighted by Gasteiger charge is -2.05. The van der Waals surface area contributed by atoms with E-state index in [1.165, 1.54) is 6.07 Å². The van der Waals surface area contributed by atoms with Crippen LogP contribution in [0.4, 0.5) is 5.69 Å². The SMILES string of the molecule is O=C(CSc1nnc(-c2ccccc2O)o1)Nc1ccccc1Br. The largest absolute Gasteiger partial charge is 0.507 e. The number of anilines is 1. The Kier molecular flexibility index (Phi) is 5.17. The van der Waals surface area contributed by atoms with Crippen molar-refractivity contribution in [3.8, 4) is 17.2 Å². The zero-order valence-electron chi connectivity index (χ0n) is 12.3. The van der Waals surface area contributed by atoms with Gasteiger partial charge in [0.25, 0.3) is 11.1 Å². The number of thioether (sulfide) groups is 1. The molecular formula is C16H12BrN3O3S. The Balaban J connectivity index is 1.61. The molecule has 0 bridgehead atoms. The maximum absolute atomic E-state index is 12.0. The molecule has 2 N–H and O–H groups in total. The zero-order valence-corrected chi connectivity index (χ0v) is 14.7. The van der Waals surface area contributed by atoms with Gasteiger partial charge in [-0.25, -0.2) is 0 Å². The van der Waals surface area contributed by atoms with Gasteiger partial charge in [0.15, 0.2) is 0 Å². The molecule has 0 spiro atoms. The van der Waals surface area contributed by atoms with Crippen molar-refractivity contribution in [3.63, 3.8) is 0 Å². The molecule has 3 rings (SSSR count). The van der Waals surface area contributed by atoms with E-state index in [0.29, 0.717) is 11.3 Å². The van der Waals surface area contributed by atoms with E-state index in [9.17, 15) is 9.90 Å². The summed E-state index contributed by atoms with van der Waals surface area (Å²) in [4.78, 5) is 12.0. The number of para-hydroxylation sites is 2. The maximum Gasteiger partial charge on any atom is 0.277 e. The Morgan fingerprint density at radius 3 is 2.71 bits per heavy atom. The van der Waals surface area contributed by atoms with E-state index in [1.807, 2.05) is 18.2 Å². The monoisotopic (exact) mass is 405 g/mol. The van der Waals surface area contributed by atoms with E-state index in [4.69, 9.17) is 4.42 Å². The Bertz CT molecular complexity index is 869. The smallest absolute Gasteiger partial charge is 0.277 e. The fourth-order valence-corrected chi connectivity index (χ4v) is 2.85. The van der Waals surface area contributed by atoms with Crippen molar-refractivity contribution in [3.05, 3.63) is 53.0 Å². The summed E-state index contributed by atoms with van der Waals surface area (Å²) < 4.78 is 6.27. The molecule has 2 aromatic carbocycles. The van der Waals surface area contributed by atoms with Crippen LogP contribution in [0.5, 0.6) is 5.75 Å². The first-order valence-electron chi connectivity index (χ1n) is 6.92. The van der Waals surface area contributed by atoms with Crippen molar-refractivity contribution in [2.45, 2.75) is 5.22 Å². The number of benzene rings is 2. The minimum atomic E-state index is -0.186. The normalized spacial score (nSPS) is 10.5. The molecule has 0 fully saturated rings. The van der Waals surface area contributed by atoms with E-state index >= 15 is 0 Å². The highest BCUT2D eigenvalue weighted by molar-refractivity contribution is 9.10. The molecule has 122 valence electrons. The fourth-order valence-electron chi connectivity index (χ4n) is 1.91. The summed E-state index contributed by atoms with van der Waals surface area (Å²) in [6.07, 6.45) is 0. The molecule has 1 amide bonds. The summed E-state index contributed by atoms with van der Waals surface area (Å²) in [7, 11) is 0. The topological polar surface area (TPSA) is 88.2 Å². The van der Waals surface area contributed by atoms with Crippen molar-refractivity contribution in [2.75, 3.05) is 11.1 Å². The summed E-state index contributed by atoms with van der Waals surface area (Å²) in [5, 5.41) is 20.6. The highest BCUT2D eigenvalue weighted by Gasteiger charge is 2.14. The highest BCUT2D eigenvalue weighted by atomic mass is 79.9. The lowest BCUT2D eigenvalue weighted by molar-refractivity contribution is -0.113. The van der Waals surface area contributed by atoms with Gasteiger partial charge in [0.05, 0.1) is 17.0 Å². The third kappa shape index (κ3) is 3.95. The lowest BCUT2D eigenvalue weighted by atomic mass is 10.2. The van der Waals surface area contributed by atoms with Crippen LogP contribution in [0.3, 0.4) is 0 Å². The summed E-state index contributed by atoms with van der Waals surface area (Å²) in [5.41, 5.74) is 1.15. The van der Waals surface area contributed by atoms with E-state index in [0.717, 1.165) is 16.2 Å².